The number of hydrogen-bond donors (Lipinski definition) is 1. The van der Waals surface area contributed by atoms with Crippen molar-refractivity contribution in [1.29, 1.82) is 0 Å². The van der Waals surface area contributed by atoms with Crippen LogP contribution in [-0.2, 0) is 0 Å². The van der Waals surface area contributed by atoms with E-state index in [0.29, 0.717) is 6.04 Å². The average molecular weight is 221 g/mol. The van der Waals surface area contributed by atoms with Crippen LogP contribution in [0.5, 0.6) is 0 Å². The first kappa shape index (κ1) is 11.6. The monoisotopic (exact) mass is 221 g/mol. The van der Waals surface area contributed by atoms with Crippen molar-refractivity contribution >= 4 is 0 Å². The quantitative estimate of drug-likeness (QED) is 0.800. The van der Waals surface area contributed by atoms with Crippen LogP contribution in [0.1, 0.15) is 44.7 Å². The molecule has 1 aromatic carbocycles. The van der Waals surface area contributed by atoms with Crippen LogP contribution in [0.2, 0.25) is 0 Å². The molecule has 0 spiro atoms. The molecule has 1 unspecified atom stereocenters. The van der Waals surface area contributed by atoms with Gasteiger partial charge in [0, 0.05) is 17.6 Å². The zero-order valence-electron chi connectivity index (χ0n) is 10.0. The maximum atomic E-state index is 13.5. The van der Waals surface area contributed by atoms with Gasteiger partial charge >= 0.3 is 0 Å². The van der Waals surface area contributed by atoms with Crippen LogP contribution in [0.3, 0.4) is 0 Å². The molecule has 1 fully saturated rings. The fourth-order valence-corrected chi connectivity index (χ4v) is 2.26. The van der Waals surface area contributed by atoms with Crippen LogP contribution >= 0.6 is 0 Å². The minimum atomic E-state index is -0.110. The van der Waals surface area contributed by atoms with E-state index >= 15 is 0 Å². The van der Waals surface area contributed by atoms with Gasteiger partial charge in [-0.3, -0.25) is 0 Å². The summed E-state index contributed by atoms with van der Waals surface area (Å²) < 4.78 is 13.5. The molecule has 1 aliphatic rings. The van der Waals surface area contributed by atoms with Gasteiger partial charge in [-0.05, 0) is 32.3 Å². The second kappa shape index (κ2) is 4.96. The first-order valence-corrected chi connectivity index (χ1v) is 6.17. The number of hydrogen-bond acceptors (Lipinski definition) is 1. The van der Waals surface area contributed by atoms with E-state index in [4.69, 9.17) is 0 Å². The molecule has 0 amide bonds. The van der Waals surface area contributed by atoms with Gasteiger partial charge < -0.3 is 5.32 Å². The minimum absolute atomic E-state index is 0.0925. The number of nitrogens with one attached hydrogen (secondary N) is 1. The molecular formula is C14H20FN. The molecule has 16 heavy (non-hydrogen) atoms. The molecule has 0 bridgehead atoms. The normalized spacial score (nSPS) is 19.4. The van der Waals surface area contributed by atoms with Crippen LogP contribution in [-0.4, -0.2) is 6.04 Å². The molecule has 2 heteroatoms. The van der Waals surface area contributed by atoms with E-state index < -0.39 is 0 Å². The van der Waals surface area contributed by atoms with E-state index in [0.717, 1.165) is 11.5 Å². The van der Waals surface area contributed by atoms with Gasteiger partial charge in [0.15, 0.2) is 0 Å². The summed E-state index contributed by atoms with van der Waals surface area (Å²) >= 11 is 0. The van der Waals surface area contributed by atoms with E-state index in [-0.39, 0.29) is 11.9 Å². The van der Waals surface area contributed by atoms with Crippen molar-refractivity contribution in [1.82, 2.24) is 5.32 Å². The van der Waals surface area contributed by atoms with Crippen molar-refractivity contribution in [2.75, 3.05) is 0 Å². The lowest BCUT2D eigenvalue weighted by Gasteiger charge is -2.20. The van der Waals surface area contributed by atoms with Gasteiger partial charge in [0.2, 0.25) is 0 Å². The Labute approximate surface area is 97.1 Å². The summed E-state index contributed by atoms with van der Waals surface area (Å²) in [5.74, 6) is 0.802. The van der Waals surface area contributed by atoms with Crippen molar-refractivity contribution in [3.05, 3.63) is 35.6 Å². The first-order valence-electron chi connectivity index (χ1n) is 6.17. The van der Waals surface area contributed by atoms with E-state index in [2.05, 4.69) is 12.2 Å². The summed E-state index contributed by atoms with van der Waals surface area (Å²) in [6.45, 7) is 4.22. The Kier molecular flexibility index (Phi) is 3.59. The third kappa shape index (κ3) is 3.05. The fraction of sp³-hybridized carbons (Fsp3) is 0.571. The molecule has 1 aliphatic carbocycles. The highest BCUT2D eigenvalue weighted by molar-refractivity contribution is 5.20. The Morgan fingerprint density at radius 1 is 1.31 bits per heavy atom. The summed E-state index contributed by atoms with van der Waals surface area (Å²) in [5, 5.41) is 3.47. The minimum Gasteiger partial charge on any atom is -0.308 e. The van der Waals surface area contributed by atoms with Gasteiger partial charge in [-0.15, -0.1) is 0 Å². The first-order chi connectivity index (χ1) is 7.66. The predicted molar refractivity (Wildman–Crippen MR) is 64.8 cm³/mol. The maximum absolute atomic E-state index is 13.5. The Morgan fingerprint density at radius 3 is 2.62 bits per heavy atom. The predicted octanol–water partition coefficient (Wildman–Crippen LogP) is 3.66. The summed E-state index contributed by atoms with van der Waals surface area (Å²) in [6.07, 6.45) is 3.97. The molecule has 0 heterocycles. The number of halogens is 1. The molecule has 1 aromatic rings. The van der Waals surface area contributed by atoms with Crippen LogP contribution in [0.4, 0.5) is 4.39 Å². The smallest absolute Gasteiger partial charge is 0.127 e. The molecule has 0 aromatic heterocycles. The van der Waals surface area contributed by atoms with Gasteiger partial charge in [0.1, 0.15) is 5.82 Å². The van der Waals surface area contributed by atoms with Crippen molar-refractivity contribution in [2.24, 2.45) is 5.92 Å². The summed E-state index contributed by atoms with van der Waals surface area (Å²) in [6, 6.07) is 7.58. The van der Waals surface area contributed by atoms with Crippen molar-refractivity contribution in [2.45, 2.75) is 45.2 Å². The van der Waals surface area contributed by atoms with Gasteiger partial charge in [0.25, 0.3) is 0 Å². The summed E-state index contributed by atoms with van der Waals surface area (Å²) in [7, 11) is 0. The van der Waals surface area contributed by atoms with Crippen molar-refractivity contribution < 1.29 is 4.39 Å². The number of benzene rings is 1. The molecule has 88 valence electrons. The Balaban J connectivity index is 1.91. The van der Waals surface area contributed by atoms with Crippen LogP contribution in [0.25, 0.3) is 0 Å². The second-order valence-corrected chi connectivity index (χ2v) is 4.99. The van der Waals surface area contributed by atoms with Crippen LogP contribution < -0.4 is 5.32 Å². The molecule has 2 atom stereocenters. The van der Waals surface area contributed by atoms with E-state index in [9.17, 15) is 4.39 Å². The Morgan fingerprint density at radius 2 is 2.00 bits per heavy atom. The van der Waals surface area contributed by atoms with Gasteiger partial charge in [-0.1, -0.05) is 31.0 Å². The molecule has 0 aliphatic heterocycles. The van der Waals surface area contributed by atoms with Crippen LogP contribution in [0.15, 0.2) is 24.3 Å². The Hall–Kier alpha value is -0.890. The second-order valence-electron chi connectivity index (χ2n) is 4.99. The zero-order chi connectivity index (χ0) is 11.5. The highest BCUT2D eigenvalue weighted by Crippen LogP contribution is 2.33. The zero-order valence-corrected chi connectivity index (χ0v) is 10.0. The highest BCUT2D eigenvalue weighted by Gasteiger charge is 2.24. The van der Waals surface area contributed by atoms with E-state index in [1.54, 1.807) is 6.07 Å². The topological polar surface area (TPSA) is 12.0 Å². The van der Waals surface area contributed by atoms with Crippen molar-refractivity contribution in [3.63, 3.8) is 0 Å². The van der Waals surface area contributed by atoms with Crippen LogP contribution in [0, 0.1) is 11.7 Å². The Bertz CT molecular complexity index is 346. The average Bonchev–Trinajstić information content (AvgIpc) is 3.01. The summed E-state index contributed by atoms with van der Waals surface area (Å²) in [4.78, 5) is 0. The molecule has 0 saturated heterocycles. The number of rotatable bonds is 5. The lowest BCUT2D eigenvalue weighted by Crippen LogP contribution is -2.29. The molecule has 1 nitrogen and oxygen atoms in total. The third-order valence-electron chi connectivity index (χ3n) is 3.29. The fourth-order valence-electron chi connectivity index (χ4n) is 2.26. The van der Waals surface area contributed by atoms with E-state index in [1.807, 2.05) is 19.1 Å². The third-order valence-corrected chi connectivity index (χ3v) is 3.29. The standard InChI is InChI=1S/C14H20FN/c1-10(9-12-7-8-12)16-11(2)13-5-3-4-6-14(13)15/h3-6,10-12,16H,7-9H2,1-2H3/t10?,11-/m1/s1. The van der Waals surface area contributed by atoms with Gasteiger partial charge in [-0.2, -0.15) is 0 Å². The molecule has 1 N–H and O–H groups in total. The van der Waals surface area contributed by atoms with Gasteiger partial charge in [-0.25, -0.2) is 4.39 Å². The molecule has 0 radical (unpaired) electrons. The van der Waals surface area contributed by atoms with Gasteiger partial charge in [0.05, 0.1) is 0 Å². The lowest BCUT2D eigenvalue weighted by atomic mass is 10.1. The molecular weight excluding hydrogens is 201 g/mol. The lowest BCUT2D eigenvalue weighted by molar-refractivity contribution is 0.428. The molecule has 1 saturated carbocycles. The molecule has 2 rings (SSSR count). The maximum Gasteiger partial charge on any atom is 0.127 e. The highest BCUT2D eigenvalue weighted by atomic mass is 19.1. The SMILES string of the molecule is CC(CC1CC1)N[C@H](C)c1ccccc1F. The largest absolute Gasteiger partial charge is 0.308 e. The van der Waals surface area contributed by atoms with Crippen molar-refractivity contribution in [3.8, 4) is 0 Å². The van der Waals surface area contributed by atoms with E-state index in [1.165, 1.54) is 25.3 Å². The summed E-state index contributed by atoms with van der Waals surface area (Å²) in [5.41, 5.74) is 0.769.